The summed E-state index contributed by atoms with van der Waals surface area (Å²) in [6.45, 7) is 0. The maximum absolute atomic E-state index is 12.4. The lowest BCUT2D eigenvalue weighted by Crippen LogP contribution is -2.26. The van der Waals surface area contributed by atoms with Crippen LogP contribution in [0.2, 0.25) is 0 Å². The minimum Gasteiger partial charge on any atom is -0.501 e. The number of para-hydroxylation sites is 1. The second-order valence-electron chi connectivity index (χ2n) is 5.08. The standard InChI is InChI=1S/C14H14N2O4/c17-13-10-7-3-4-8-11(10)15(9-5-1-2-6-9)14(18)12(13)16(19)20/h3-4,7-9,17H,1-2,5-6H2. The molecule has 0 aliphatic heterocycles. The summed E-state index contributed by atoms with van der Waals surface area (Å²) in [5.74, 6) is -0.537. The lowest BCUT2D eigenvalue weighted by atomic mass is 10.1. The summed E-state index contributed by atoms with van der Waals surface area (Å²) >= 11 is 0. The Morgan fingerprint density at radius 1 is 1.25 bits per heavy atom. The third-order valence-electron chi connectivity index (χ3n) is 3.94. The van der Waals surface area contributed by atoms with Gasteiger partial charge >= 0.3 is 11.2 Å². The van der Waals surface area contributed by atoms with Crippen LogP contribution in [0.25, 0.3) is 10.9 Å². The molecule has 1 fully saturated rings. The Morgan fingerprint density at radius 3 is 2.55 bits per heavy atom. The number of rotatable bonds is 2. The van der Waals surface area contributed by atoms with Gasteiger partial charge in [-0.1, -0.05) is 25.0 Å². The lowest BCUT2D eigenvalue weighted by molar-refractivity contribution is -0.387. The normalized spacial score (nSPS) is 15.8. The SMILES string of the molecule is O=c1c([N+](=O)[O-])c(O)c2ccccc2n1C1CCCC1. The summed E-state index contributed by atoms with van der Waals surface area (Å²) in [6, 6.07) is 6.75. The molecule has 0 bridgehead atoms. The molecule has 1 N–H and O–H groups in total. The highest BCUT2D eigenvalue weighted by atomic mass is 16.6. The maximum Gasteiger partial charge on any atom is 0.375 e. The van der Waals surface area contributed by atoms with E-state index >= 15 is 0 Å². The first kappa shape index (κ1) is 12.7. The van der Waals surface area contributed by atoms with E-state index in [2.05, 4.69) is 0 Å². The van der Waals surface area contributed by atoms with E-state index in [4.69, 9.17) is 0 Å². The van der Waals surface area contributed by atoms with Crippen LogP contribution in [0.3, 0.4) is 0 Å². The van der Waals surface area contributed by atoms with Crippen molar-refractivity contribution in [3.05, 3.63) is 44.7 Å². The second-order valence-corrected chi connectivity index (χ2v) is 5.08. The fourth-order valence-corrected chi connectivity index (χ4v) is 3.03. The van der Waals surface area contributed by atoms with Crippen LogP contribution < -0.4 is 5.56 Å². The molecule has 20 heavy (non-hydrogen) atoms. The van der Waals surface area contributed by atoms with Gasteiger partial charge in [0.1, 0.15) is 0 Å². The number of aromatic hydroxyl groups is 1. The molecule has 1 aliphatic carbocycles. The number of nitro groups is 1. The fourth-order valence-electron chi connectivity index (χ4n) is 3.03. The van der Waals surface area contributed by atoms with E-state index in [9.17, 15) is 20.0 Å². The van der Waals surface area contributed by atoms with E-state index < -0.39 is 21.9 Å². The fraction of sp³-hybridized carbons (Fsp3) is 0.357. The van der Waals surface area contributed by atoms with E-state index in [1.54, 1.807) is 24.3 Å². The topological polar surface area (TPSA) is 85.4 Å². The van der Waals surface area contributed by atoms with Crippen LogP contribution >= 0.6 is 0 Å². The number of hydrogen-bond donors (Lipinski definition) is 1. The van der Waals surface area contributed by atoms with E-state index in [1.807, 2.05) is 0 Å². The molecule has 104 valence electrons. The predicted molar refractivity (Wildman–Crippen MR) is 74.0 cm³/mol. The van der Waals surface area contributed by atoms with Gasteiger partial charge in [-0.05, 0) is 25.0 Å². The molecule has 1 aromatic carbocycles. The van der Waals surface area contributed by atoms with Crippen molar-refractivity contribution in [3.63, 3.8) is 0 Å². The van der Waals surface area contributed by atoms with Gasteiger partial charge in [0.15, 0.2) is 0 Å². The first-order chi connectivity index (χ1) is 9.61. The number of hydrogen-bond acceptors (Lipinski definition) is 4. The Balaban J connectivity index is 2.42. The molecule has 0 spiro atoms. The quantitative estimate of drug-likeness (QED) is 0.674. The molecule has 0 radical (unpaired) electrons. The number of nitrogens with zero attached hydrogens (tertiary/aromatic N) is 2. The summed E-state index contributed by atoms with van der Waals surface area (Å²) in [6.07, 6.45) is 3.71. The molecule has 0 amide bonds. The van der Waals surface area contributed by atoms with Crippen LogP contribution in [0.5, 0.6) is 5.75 Å². The zero-order chi connectivity index (χ0) is 14.3. The van der Waals surface area contributed by atoms with Gasteiger partial charge in [-0.15, -0.1) is 0 Å². The largest absolute Gasteiger partial charge is 0.501 e. The monoisotopic (exact) mass is 274 g/mol. The summed E-state index contributed by atoms with van der Waals surface area (Å²) in [7, 11) is 0. The van der Waals surface area contributed by atoms with Crippen LogP contribution in [0.1, 0.15) is 31.7 Å². The van der Waals surface area contributed by atoms with Gasteiger partial charge in [-0.3, -0.25) is 19.5 Å². The number of benzene rings is 1. The Kier molecular flexibility index (Phi) is 2.93. The van der Waals surface area contributed by atoms with Crippen LogP contribution in [0.15, 0.2) is 29.1 Å². The van der Waals surface area contributed by atoms with Crippen molar-refractivity contribution in [1.82, 2.24) is 4.57 Å². The van der Waals surface area contributed by atoms with E-state index in [0.29, 0.717) is 10.9 Å². The van der Waals surface area contributed by atoms with Crippen molar-refractivity contribution in [3.8, 4) is 5.75 Å². The third kappa shape index (κ3) is 1.76. The number of aromatic nitrogens is 1. The van der Waals surface area contributed by atoms with Gasteiger partial charge in [0.25, 0.3) is 0 Å². The van der Waals surface area contributed by atoms with E-state index in [0.717, 1.165) is 25.7 Å². The Labute approximate surface area is 114 Å². The average molecular weight is 274 g/mol. The summed E-state index contributed by atoms with van der Waals surface area (Å²) in [4.78, 5) is 22.7. The Bertz CT molecular complexity index is 745. The molecule has 1 saturated carbocycles. The average Bonchev–Trinajstić information content (AvgIpc) is 2.92. The number of pyridine rings is 1. The minimum absolute atomic E-state index is 0.0216. The van der Waals surface area contributed by atoms with Gasteiger partial charge in [-0.2, -0.15) is 0 Å². The van der Waals surface area contributed by atoms with Gasteiger partial charge in [0.2, 0.25) is 5.75 Å². The molecule has 6 heteroatoms. The highest BCUT2D eigenvalue weighted by molar-refractivity contribution is 5.88. The first-order valence-corrected chi connectivity index (χ1v) is 6.62. The molecular weight excluding hydrogens is 260 g/mol. The molecule has 3 rings (SSSR count). The highest BCUT2D eigenvalue weighted by Gasteiger charge is 2.29. The lowest BCUT2D eigenvalue weighted by Gasteiger charge is -2.17. The van der Waals surface area contributed by atoms with Crippen LogP contribution in [-0.2, 0) is 0 Å². The van der Waals surface area contributed by atoms with Crippen molar-refractivity contribution in [1.29, 1.82) is 0 Å². The van der Waals surface area contributed by atoms with Gasteiger partial charge in [0, 0.05) is 11.4 Å². The molecule has 6 nitrogen and oxygen atoms in total. The number of fused-ring (bicyclic) bond motifs is 1. The maximum atomic E-state index is 12.4. The molecule has 0 unspecified atom stereocenters. The van der Waals surface area contributed by atoms with Crippen molar-refractivity contribution in [2.45, 2.75) is 31.7 Å². The van der Waals surface area contributed by atoms with E-state index in [-0.39, 0.29) is 6.04 Å². The molecule has 2 aromatic rings. The van der Waals surface area contributed by atoms with Crippen molar-refractivity contribution < 1.29 is 10.0 Å². The van der Waals surface area contributed by atoms with Gasteiger partial charge in [0.05, 0.1) is 10.4 Å². The van der Waals surface area contributed by atoms with Crippen molar-refractivity contribution in [2.24, 2.45) is 0 Å². The van der Waals surface area contributed by atoms with Crippen LogP contribution in [0, 0.1) is 10.1 Å². The predicted octanol–water partition coefficient (Wildman–Crippen LogP) is 2.73. The van der Waals surface area contributed by atoms with Crippen molar-refractivity contribution in [2.75, 3.05) is 0 Å². The second kappa shape index (κ2) is 4.63. The van der Waals surface area contributed by atoms with Crippen LogP contribution in [-0.4, -0.2) is 14.6 Å². The smallest absolute Gasteiger partial charge is 0.375 e. The first-order valence-electron chi connectivity index (χ1n) is 6.62. The Morgan fingerprint density at radius 2 is 1.90 bits per heavy atom. The third-order valence-corrected chi connectivity index (χ3v) is 3.94. The van der Waals surface area contributed by atoms with Gasteiger partial charge in [-0.25, -0.2) is 0 Å². The van der Waals surface area contributed by atoms with Crippen LogP contribution in [0.4, 0.5) is 5.69 Å². The molecule has 0 saturated heterocycles. The molecule has 0 atom stereocenters. The minimum atomic E-state index is -0.796. The Hall–Kier alpha value is -2.37. The summed E-state index contributed by atoms with van der Waals surface area (Å²) < 4.78 is 1.49. The molecule has 1 heterocycles. The van der Waals surface area contributed by atoms with E-state index in [1.165, 1.54) is 4.57 Å². The molecule has 1 aliphatic rings. The van der Waals surface area contributed by atoms with Gasteiger partial charge < -0.3 is 5.11 Å². The summed E-state index contributed by atoms with van der Waals surface area (Å²) in [5, 5.41) is 21.5. The zero-order valence-corrected chi connectivity index (χ0v) is 10.8. The summed E-state index contributed by atoms with van der Waals surface area (Å²) in [5.41, 5.74) is -0.874. The zero-order valence-electron chi connectivity index (χ0n) is 10.8. The molecular formula is C14H14N2O4. The van der Waals surface area contributed by atoms with Crippen molar-refractivity contribution >= 4 is 16.6 Å². The highest BCUT2D eigenvalue weighted by Crippen LogP contribution is 2.36. The molecule has 1 aromatic heterocycles.